The first kappa shape index (κ1) is 15.7. The molecule has 0 aliphatic rings. The third-order valence-corrected chi connectivity index (χ3v) is 2.57. The maximum Gasteiger partial charge on any atom is 0.252 e. The molecule has 0 aromatic heterocycles. The number of hydrogen-bond acceptors (Lipinski definition) is 3. The van der Waals surface area contributed by atoms with Gasteiger partial charge >= 0.3 is 0 Å². The molecule has 104 valence electrons. The summed E-state index contributed by atoms with van der Waals surface area (Å²) < 4.78 is 4.89. The summed E-state index contributed by atoms with van der Waals surface area (Å²) in [6.07, 6.45) is 0. The maximum absolute atomic E-state index is 10.6. The average molecular weight is 292 g/mol. The highest BCUT2D eigenvalue weighted by Crippen LogP contribution is 2.13. The molecule has 0 aliphatic heterocycles. The molecular formula is C15H14ClNO3. The summed E-state index contributed by atoms with van der Waals surface area (Å²) in [5.41, 5.74) is 5.98. The lowest BCUT2D eigenvalue weighted by Crippen LogP contribution is -2.09. The van der Waals surface area contributed by atoms with Crippen LogP contribution < -0.4 is 10.5 Å². The number of ether oxygens (including phenoxy) is 1. The van der Waals surface area contributed by atoms with Crippen LogP contribution in [-0.2, 0) is 0 Å². The molecular weight excluding hydrogens is 278 g/mol. The van der Waals surface area contributed by atoms with Crippen LogP contribution in [0, 0.1) is 0 Å². The van der Waals surface area contributed by atoms with E-state index in [4.69, 9.17) is 22.1 Å². The molecule has 0 spiro atoms. The summed E-state index contributed by atoms with van der Waals surface area (Å²) in [4.78, 5) is 21.0. The van der Waals surface area contributed by atoms with E-state index in [-0.39, 0.29) is 5.91 Å². The van der Waals surface area contributed by atoms with Crippen molar-refractivity contribution in [3.05, 3.63) is 65.7 Å². The second kappa shape index (κ2) is 7.96. The van der Waals surface area contributed by atoms with Crippen LogP contribution >= 0.6 is 11.6 Å². The van der Waals surface area contributed by atoms with E-state index in [0.717, 1.165) is 0 Å². The van der Waals surface area contributed by atoms with E-state index in [9.17, 15) is 9.59 Å². The van der Waals surface area contributed by atoms with Gasteiger partial charge in [0.25, 0.3) is 5.24 Å². The molecule has 2 rings (SSSR count). The fourth-order valence-electron chi connectivity index (χ4n) is 1.35. The van der Waals surface area contributed by atoms with Gasteiger partial charge in [-0.3, -0.25) is 9.59 Å². The van der Waals surface area contributed by atoms with Gasteiger partial charge in [-0.05, 0) is 41.9 Å². The SMILES string of the molecule is COc1cccc(C(=O)Cl)c1.NC(=O)c1ccccc1. The van der Waals surface area contributed by atoms with Crippen LogP contribution in [0.25, 0.3) is 0 Å². The van der Waals surface area contributed by atoms with Gasteiger partial charge in [0.2, 0.25) is 5.91 Å². The smallest absolute Gasteiger partial charge is 0.252 e. The van der Waals surface area contributed by atoms with Gasteiger partial charge < -0.3 is 10.5 Å². The second-order valence-electron chi connectivity index (χ2n) is 3.74. The van der Waals surface area contributed by atoms with Crippen LogP contribution in [-0.4, -0.2) is 18.3 Å². The summed E-state index contributed by atoms with van der Waals surface area (Å²) in [6, 6.07) is 15.5. The van der Waals surface area contributed by atoms with Crippen molar-refractivity contribution in [2.45, 2.75) is 0 Å². The minimum atomic E-state index is -0.469. The van der Waals surface area contributed by atoms with Gasteiger partial charge in [0.05, 0.1) is 7.11 Å². The third kappa shape index (κ3) is 5.12. The predicted molar refractivity (Wildman–Crippen MR) is 78.1 cm³/mol. The number of hydrogen-bond donors (Lipinski definition) is 1. The Morgan fingerprint density at radius 3 is 2.05 bits per heavy atom. The van der Waals surface area contributed by atoms with Crippen molar-refractivity contribution in [1.82, 2.24) is 0 Å². The summed E-state index contributed by atoms with van der Waals surface area (Å²) in [5, 5.41) is -0.469. The number of rotatable bonds is 3. The Hall–Kier alpha value is -2.33. The Bertz CT molecular complexity index is 585. The number of carbonyl (C=O) groups is 2. The number of amides is 1. The van der Waals surface area contributed by atoms with Crippen molar-refractivity contribution in [1.29, 1.82) is 0 Å². The van der Waals surface area contributed by atoms with Crippen molar-refractivity contribution < 1.29 is 14.3 Å². The molecule has 0 atom stereocenters. The molecule has 0 heterocycles. The molecule has 2 aromatic carbocycles. The molecule has 20 heavy (non-hydrogen) atoms. The first-order valence-corrected chi connectivity index (χ1v) is 6.11. The van der Waals surface area contributed by atoms with Gasteiger partial charge in [0, 0.05) is 11.1 Å². The van der Waals surface area contributed by atoms with Crippen LogP contribution in [0.2, 0.25) is 0 Å². The van der Waals surface area contributed by atoms with E-state index in [1.54, 1.807) is 48.5 Å². The molecule has 4 nitrogen and oxygen atoms in total. The fourth-order valence-corrected chi connectivity index (χ4v) is 1.47. The van der Waals surface area contributed by atoms with E-state index in [1.165, 1.54) is 7.11 Å². The molecule has 0 aliphatic carbocycles. The number of methoxy groups -OCH3 is 1. The van der Waals surface area contributed by atoms with Crippen LogP contribution in [0.1, 0.15) is 20.7 Å². The summed E-state index contributed by atoms with van der Waals surface area (Å²) in [7, 11) is 1.54. The van der Waals surface area contributed by atoms with Gasteiger partial charge in [-0.2, -0.15) is 0 Å². The minimum Gasteiger partial charge on any atom is -0.497 e. The predicted octanol–water partition coefficient (Wildman–Crippen LogP) is 2.86. The van der Waals surface area contributed by atoms with Crippen LogP contribution in [0.15, 0.2) is 54.6 Å². The van der Waals surface area contributed by atoms with Gasteiger partial charge in [0.1, 0.15) is 5.75 Å². The molecule has 0 fully saturated rings. The van der Waals surface area contributed by atoms with Crippen molar-refractivity contribution >= 4 is 22.8 Å². The van der Waals surface area contributed by atoms with Gasteiger partial charge in [-0.25, -0.2) is 0 Å². The summed E-state index contributed by atoms with van der Waals surface area (Å²) in [6.45, 7) is 0. The molecule has 5 heteroatoms. The third-order valence-electron chi connectivity index (χ3n) is 2.36. The van der Waals surface area contributed by atoms with Crippen molar-refractivity contribution in [2.75, 3.05) is 7.11 Å². The maximum atomic E-state index is 10.6. The zero-order valence-electron chi connectivity index (χ0n) is 10.9. The van der Waals surface area contributed by atoms with E-state index >= 15 is 0 Å². The van der Waals surface area contributed by atoms with Gasteiger partial charge in [-0.15, -0.1) is 0 Å². The highest BCUT2D eigenvalue weighted by Gasteiger charge is 2.01. The van der Waals surface area contributed by atoms with Crippen molar-refractivity contribution in [3.8, 4) is 5.75 Å². The average Bonchev–Trinajstić information content (AvgIpc) is 2.49. The first-order chi connectivity index (χ1) is 9.54. The highest BCUT2D eigenvalue weighted by molar-refractivity contribution is 6.67. The minimum absolute atomic E-state index is 0.379. The standard InChI is InChI=1S/C8H7ClO2.C7H7NO/c1-11-7-4-2-3-6(5-7)8(9)10;8-7(9)6-4-2-1-3-5-6/h2-5H,1H3;1-5H,(H2,8,9). The zero-order valence-corrected chi connectivity index (χ0v) is 11.6. The molecule has 0 radical (unpaired) electrons. The monoisotopic (exact) mass is 291 g/mol. The Kier molecular flexibility index (Phi) is 6.26. The molecule has 0 saturated heterocycles. The molecule has 0 unspecified atom stereocenters. The van der Waals surface area contributed by atoms with Gasteiger partial charge in [-0.1, -0.05) is 24.3 Å². The Morgan fingerprint density at radius 2 is 1.60 bits per heavy atom. The number of primary amides is 1. The fraction of sp³-hybridized carbons (Fsp3) is 0.0667. The molecule has 0 bridgehead atoms. The van der Waals surface area contributed by atoms with Crippen molar-refractivity contribution in [2.24, 2.45) is 5.73 Å². The van der Waals surface area contributed by atoms with Crippen molar-refractivity contribution in [3.63, 3.8) is 0 Å². The lowest BCUT2D eigenvalue weighted by atomic mass is 10.2. The lowest BCUT2D eigenvalue weighted by molar-refractivity contribution is 0.0999. The Balaban J connectivity index is 0.000000204. The number of halogens is 1. The Morgan fingerprint density at radius 1 is 1.00 bits per heavy atom. The topological polar surface area (TPSA) is 69.4 Å². The number of carbonyl (C=O) groups excluding carboxylic acids is 2. The highest BCUT2D eigenvalue weighted by atomic mass is 35.5. The quantitative estimate of drug-likeness (QED) is 0.884. The largest absolute Gasteiger partial charge is 0.497 e. The van der Waals surface area contributed by atoms with Gasteiger partial charge in [0.15, 0.2) is 0 Å². The van der Waals surface area contributed by atoms with Crippen LogP contribution in [0.5, 0.6) is 5.75 Å². The first-order valence-electron chi connectivity index (χ1n) is 5.73. The molecule has 1 amide bonds. The zero-order chi connectivity index (χ0) is 15.0. The molecule has 2 N–H and O–H groups in total. The lowest BCUT2D eigenvalue weighted by Gasteiger charge is -1.98. The van der Waals surface area contributed by atoms with E-state index in [2.05, 4.69) is 0 Å². The Labute approximate surface area is 122 Å². The molecule has 0 saturated carbocycles. The molecule has 2 aromatic rings. The normalized spacial score (nSPS) is 9.10. The summed E-state index contributed by atoms with van der Waals surface area (Å²) >= 11 is 5.24. The number of nitrogens with two attached hydrogens (primary N) is 1. The van der Waals surface area contributed by atoms with E-state index < -0.39 is 5.24 Å². The van der Waals surface area contributed by atoms with E-state index in [0.29, 0.717) is 16.9 Å². The summed E-state index contributed by atoms with van der Waals surface area (Å²) in [5.74, 6) is 0.257. The van der Waals surface area contributed by atoms with Crippen LogP contribution in [0.3, 0.4) is 0 Å². The number of benzene rings is 2. The second-order valence-corrected chi connectivity index (χ2v) is 4.08. The van der Waals surface area contributed by atoms with Crippen LogP contribution in [0.4, 0.5) is 0 Å². The van der Waals surface area contributed by atoms with E-state index in [1.807, 2.05) is 6.07 Å².